The number of halogens is 2. The molecule has 7 heteroatoms. The van der Waals surface area contributed by atoms with E-state index in [1.165, 1.54) is 4.90 Å². The fraction of sp³-hybridized carbons (Fsp3) is 0.579. The van der Waals surface area contributed by atoms with E-state index < -0.39 is 22.7 Å². The van der Waals surface area contributed by atoms with Crippen molar-refractivity contribution in [1.82, 2.24) is 4.90 Å². The standard InChI is InChI=1S/C19H24F2N2O3/c1-18(2,3)26-17(25)22-9-6-19(7-10-22)8-11-23(16(19)24)15-12-13(20)4-5-14(15)21/h4-5,12H,6-11H2,1-3H3. The normalized spacial score (nSPS) is 20.0. The first-order valence-electron chi connectivity index (χ1n) is 8.86. The van der Waals surface area contributed by atoms with Crippen LogP contribution >= 0.6 is 0 Å². The Morgan fingerprint density at radius 2 is 1.73 bits per heavy atom. The van der Waals surface area contributed by atoms with E-state index in [1.807, 2.05) is 20.8 Å². The van der Waals surface area contributed by atoms with E-state index in [1.54, 1.807) is 4.90 Å². The van der Waals surface area contributed by atoms with Gasteiger partial charge in [0, 0.05) is 25.7 Å². The Balaban J connectivity index is 1.69. The molecule has 2 aliphatic rings. The van der Waals surface area contributed by atoms with Gasteiger partial charge in [0.15, 0.2) is 0 Å². The van der Waals surface area contributed by atoms with E-state index in [9.17, 15) is 18.4 Å². The zero-order chi connectivity index (χ0) is 19.1. The summed E-state index contributed by atoms with van der Waals surface area (Å²) in [6, 6.07) is 3.13. The third-order valence-electron chi connectivity index (χ3n) is 5.08. The smallest absolute Gasteiger partial charge is 0.410 e. The van der Waals surface area contributed by atoms with Gasteiger partial charge in [0.1, 0.15) is 17.2 Å². The molecular formula is C19H24F2N2O3. The van der Waals surface area contributed by atoms with Gasteiger partial charge in [-0.25, -0.2) is 13.6 Å². The highest BCUT2D eigenvalue weighted by Gasteiger charge is 2.49. The number of rotatable bonds is 1. The van der Waals surface area contributed by atoms with Crippen LogP contribution in [0.3, 0.4) is 0 Å². The lowest BCUT2D eigenvalue weighted by Gasteiger charge is -2.38. The minimum Gasteiger partial charge on any atom is -0.444 e. The lowest BCUT2D eigenvalue weighted by molar-refractivity contribution is -0.128. The highest BCUT2D eigenvalue weighted by molar-refractivity contribution is 6.00. The highest BCUT2D eigenvalue weighted by Crippen LogP contribution is 2.43. The summed E-state index contributed by atoms with van der Waals surface area (Å²) in [4.78, 5) is 28.1. The first kappa shape index (κ1) is 18.6. The summed E-state index contributed by atoms with van der Waals surface area (Å²) >= 11 is 0. The molecule has 0 atom stereocenters. The van der Waals surface area contributed by atoms with Crippen LogP contribution in [0.25, 0.3) is 0 Å². The molecule has 5 nitrogen and oxygen atoms in total. The molecule has 142 valence electrons. The number of hydrogen-bond donors (Lipinski definition) is 0. The SMILES string of the molecule is CC(C)(C)OC(=O)N1CCC2(CC1)CCN(c1cc(F)ccc1F)C2=O. The molecule has 1 aromatic carbocycles. The molecule has 0 aromatic heterocycles. The van der Waals surface area contributed by atoms with Gasteiger partial charge in [-0.2, -0.15) is 0 Å². The maximum absolute atomic E-state index is 14.0. The van der Waals surface area contributed by atoms with E-state index in [0.29, 0.717) is 38.9 Å². The van der Waals surface area contributed by atoms with Gasteiger partial charge in [0.2, 0.25) is 5.91 Å². The van der Waals surface area contributed by atoms with Crippen LogP contribution in [0.15, 0.2) is 18.2 Å². The number of piperidine rings is 1. The summed E-state index contributed by atoms with van der Waals surface area (Å²) in [5, 5.41) is 0. The molecule has 3 rings (SSSR count). The number of ether oxygens (including phenoxy) is 1. The molecule has 0 N–H and O–H groups in total. The van der Waals surface area contributed by atoms with Crippen molar-refractivity contribution in [2.24, 2.45) is 5.41 Å². The van der Waals surface area contributed by atoms with Crippen LogP contribution in [-0.4, -0.2) is 42.1 Å². The van der Waals surface area contributed by atoms with Crippen LogP contribution in [0.1, 0.15) is 40.0 Å². The predicted octanol–water partition coefficient (Wildman–Crippen LogP) is 3.72. The zero-order valence-corrected chi connectivity index (χ0v) is 15.3. The van der Waals surface area contributed by atoms with E-state index in [4.69, 9.17) is 4.74 Å². The van der Waals surface area contributed by atoms with Crippen molar-refractivity contribution < 1.29 is 23.1 Å². The number of carbonyl (C=O) groups excluding carboxylic acids is 2. The summed E-state index contributed by atoms with van der Waals surface area (Å²) in [6.07, 6.45) is 1.19. The van der Waals surface area contributed by atoms with Crippen LogP contribution < -0.4 is 4.90 Å². The first-order valence-corrected chi connectivity index (χ1v) is 8.86. The lowest BCUT2D eigenvalue weighted by atomic mass is 9.77. The molecule has 0 unspecified atom stereocenters. The monoisotopic (exact) mass is 366 g/mol. The third-order valence-corrected chi connectivity index (χ3v) is 5.08. The van der Waals surface area contributed by atoms with Crippen molar-refractivity contribution >= 4 is 17.7 Å². The summed E-state index contributed by atoms with van der Waals surface area (Å²) in [5.41, 5.74) is -1.19. The van der Waals surface area contributed by atoms with Gasteiger partial charge in [-0.3, -0.25) is 4.79 Å². The van der Waals surface area contributed by atoms with Gasteiger partial charge in [-0.05, 0) is 52.2 Å². The van der Waals surface area contributed by atoms with Crippen molar-refractivity contribution in [3.05, 3.63) is 29.8 Å². The highest BCUT2D eigenvalue weighted by atomic mass is 19.1. The third kappa shape index (κ3) is 3.52. The molecule has 1 spiro atoms. The number of amides is 2. The fourth-order valence-electron chi connectivity index (χ4n) is 3.65. The largest absolute Gasteiger partial charge is 0.444 e. The molecule has 2 fully saturated rings. The molecule has 2 saturated heterocycles. The van der Waals surface area contributed by atoms with E-state index in [-0.39, 0.29) is 17.7 Å². The molecule has 0 bridgehead atoms. The Kier molecular flexibility index (Phi) is 4.67. The van der Waals surface area contributed by atoms with Crippen molar-refractivity contribution in [3.63, 3.8) is 0 Å². The topological polar surface area (TPSA) is 49.9 Å². The number of hydrogen-bond acceptors (Lipinski definition) is 3. The number of likely N-dealkylation sites (tertiary alicyclic amines) is 1. The maximum atomic E-state index is 14.0. The van der Waals surface area contributed by atoms with Crippen molar-refractivity contribution in [2.75, 3.05) is 24.5 Å². The van der Waals surface area contributed by atoms with Crippen molar-refractivity contribution in [3.8, 4) is 0 Å². The van der Waals surface area contributed by atoms with Gasteiger partial charge in [0.05, 0.1) is 11.1 Å². The minimum absolute atomic E-state index is 0.0125. The molecule has 0 saturated carbocycles. The van der Waals surface area contributed by atoms with Crippen LogP contribution in [0.5, 0.6) is 0 Å². The molecule has 2 heterocycles. The van der Waals surface area contributed by atoms with Gasteiger partial charge in [0.25, 0.3) is 0 Å². The zero-order valence-electron chi connectivity index (χ0n) is 15.3. The molecule has 0 radical (unpaired) electrons. The van der Waals surface area contributed by atoms with E-state index >= 15 is 0 Å². The summed E-state index contributed by atoms with van der Waals surface area (Å²) in [6.45, 7) is 6.61. The second-order valence-electron chi connectivity index (χ2n) is 8.05. The Morgan fingerprint density at radius 1 is 1.12 bits per heavy atom. The minimum atomic E-state index is -0.614. The number of benzene rings is 1. The second kappa shape index (κ2) is 6.52. The predicted molar refractivity (Wildman–Crippen MR) is 92.8 cm³/mol. The fourth-order valence-corrected chi connectivity index (χ4v) is 3.65. The van der Waals surface area contributed by atoms with Crippen LogP contribution in [0, 0.1) is 17.0 Å². The first-order chi connectivity index (χ1) is 12.1. The molecule has 2 amide bonds. The van der Waals surface area contributed by atoms with E-state index in [0.717, 1.165) is 18.2 Å². The Labute approximate surface area is 151 Å². The second-order valence-corrected chi connectivity index (χ2v) is 8.05. The number of anilines is 1. The molecular weight excluding hydrogens is 342 g/mol. The van der Waals surface area contributed by atoms with Gasteiger partial charge in [-0.1, -0.05) is 0 Å². The molecule has 0 aliphatic carbocycles. The van der Waals surface area contributed by atoms with Gasteiger partial charge < -0.3 is 14.5 Å². The number of carbonyl (C=O) groups is 2. The average molecular weight is 366 g/mol. The van der Waals surface area contributed by atoms with Crippen LogP contribution in [0.4, 0.5) is 19.3 Å². The summed E-state index contributed by atoms with van der Waals surface area (Å²) in [7, 11) is 0. The Morgan fingerprint density at radius 3 is 2.35 bits per heavy atom. The van der Waals surface area contributed by atoms with Crippen LogP contribution in [0.2, 0.25) is 0 Å². The summed E-state index contributed by atoms with van der Waals surface area (Å²) < 4.78 is 32.9. The molecule has 26 heavy (non-hydrogen) atoms. The van der Waals surface area contributed by atoms with Crippen LogP contribution in [-0.2, 0) is 9.53 Å². The molecule has 2 aliphatic heterocycles. The Hall–Kier alpha value is -2.18. The van der Waals surface area contributed by atoms with Crippen molar-refractivity contribution in [1.29, 1.82) is 0 Å². The maximum Gasteiger partial charge on any atom is 0.410 e. The lowest BCUT2D eigenvalue weighted by Crippen LogP contribution is -2.48. The molecule has 1 aromatic rings. The number of nitrogens with zero attached hydrogens (tertiary/aromatic N) is 2. The quantitative estimate of drug-likeness (QED) is 0.761. The Bertz CT molecular complexity index is 722. The van der Waals surface area contributed by atoms with Crippen molar-refractivity contribution in [2.45, 2.75) is 45.6 Å². The summed E-state index contributed by atoms with van der Waals surface area (Å²) in [5.74, 6) is -1.37. The van der Waals surface area contributed by atoms with Gasteiger partial charge >= 0.3 is 6.09 Å². The van der Waals surface area contributed by atoms with Gasteiger partial charge in [-0.15, -0.1) is 0 Å². The average Bonchev–Trinajstić information content (AvgIpc) is 2.86. The van der Waals surface area contributed by atoms with E-state index in [2.05, 4.69) is 0 Å².